The van der Waals surface area contributed by atoms with Gasteiger partial charge in [0.25, 0.3) is 0 Å². The van der Waals surface area contributed by atoms with Crippen molar-refractivity contribution in [2.24, 2.45) is 0 Å². The Morgan fingerprint density at radius 2 is 1.93 bits per heavy atom. The number of carbonyl (C=O) groups excluding carboxylic acids is 1. The van der Waals surface area contributed by atoms with Gasteiger partial charge in [0.05, 0.1) is 5.75 Å². The standard InChI is InChI=1S/C21H25N5O2S/c1-14-8-9-18(16(3)10-14)28-12-19-24-25-21(26(19)22)29-13-20(27)23-11-17-7-5-4-6-15(17)2/h4-10H,11-13,22H2,1-3H3,(H,23,27). The fraction of sp³-hybridized carbons (Fsp3) is 0.286. The Morgan fingerprint density at radius 3 is 2.69 bits per heavy atom. The number of nitrogen functional groups attached to an aromatic ring is 1. The Morgan fingerprint density at radius 1 is 1.14 bits per heavy atom. The lowest BCUT2D eigenvalue weighted by atomic mass is 10.1. The Kier molecular flexibility index (Phi) is 6.77. The Hall–Kier alpha value is -3.00. The van der Waals surface area contributed by atoms with E-state index < -0.39 is 0 Å². The molecule has 29 heavy (non-hydrogen) atoms. The van der Waals surface area contributed by atoms with Crippen LogP contribution in [0.25, 0.3) is 0 Å². The zero-order chi connectivity index (χ0) is 20.8. The lowest BCUT2D eigenvalue weighted by Gasteiger charge is -2.09. The van der Waals surface area contributed by atoms with Crippen LogP contribution in [0.5, 0.6) is 5.75 Å². The van der Waals surface area contributed by atoms with Gasteiger partial charge in [0.2, 0.25) is 11.1 Å². The summed E-state index contributed by atoms with van der Waals surface area (Å²) in [5, 5.41) is 11.5. The van der Waals surface area contributed by atoms with E-state index in [2.05, 4.69) is 21.6 Å². The molecular weight excluding hydrogens is 386 g/mol. The van der Waals surface area contributed by atoms with Gasteiger partial charge < -0.3 is 15.9 Å². The van der Waals surface area contributed by atoms with Crippen molar-refractivity contribution in [2.75, 3.05) is 11.6 Å². The zero-order valence-corrected chi connectivity index (χ0v) is 17.6. The van der Waals surface area contributed by atoms with E-state index in [9.17, 15) is 4.79 Å². The lowest BCUT2D eigenvalue weighted by Crippen LogP contribution is -2.25. The Labute approximate surface area is 174 Å². The van der Waals surface area contributed by atoms with Crippen molar-refractivity contribution < 1.29 is 9.53 Å². The highest BCUT2D eigenvalue weighted by atomic mass is 32.2. The van der Waals surface area contributed by atoms with Gasteiger partial charge in [-0.1, -0.05) is 53.7 Å². The number of aryl methyl sites for hydroxylation is 3. The monoisotopic (exact) mass is 411 g/mol. The fourth-order valence-electron chi connectivity index (χ4n) is 2.79. The third kappa shape index (κ3) is 5.51. The molecular formula is C21H25N5O2S. The number of hydrogen-bond donors (Lipinski definition) is 2. The average Bonchev–Trinajstić information content (AvgIpc) is 3.05. The fourth-order valence-corrected chi connectivity index (χ4v) is 3.50. The first kappa shape index (κ1) is 20.7. The first-order chi connectivity index (χ1) is 13.9. The molecule has 7 nitrogen and oxygen atoms in total. The predicted octanol–water partition coefficient (Wildman–Crippen LogP) is 2.90. The number of nitrogens with two attached hydrogens (primary N) is 1. The van der Waals surface area contributed by atoms with E-state index in [0.717, 1.165) is 22.4 Å². The summed E-state index contributed by atoms with van der Waals surface area (Å²) in [6.45, 7) is 6.75. The van der Waals surface area contributed by atoms with Crippen molar-refractivity contribution in [3.63, 3.8) is 0 Å². The number of nitrogens with zero attached hydrogens (tertiary/aromatic N) is 3. The minimum absolute atomic E-state index is 0.0886. The molecule has 0 aliphatic carbocycles. The minimum Gasteiger partial charge on any atom is -0.485 e. The molecule has 8 heteroatoms. The van der Waals surface area contributed by atoms with Crippen LogP contribution in [-0.4, -0.2) is 26.5 Å². The number of benzene rings is 2. The number of thioether (sulfide) groups is 1. The summed E-state index contributed by atoms with van der Waals surface area (Å²) >= 11 is 1.24. The topological polar surface area (TPSA) is 95.1 Å². The minimum atomic E-state index is -0.0886. The van der Waals surface area contributed by atoms with E-state index in [1.807, 2.05) is 57.2 Å². The lowest BCUT2D eigenvalue weighted by molar-refractivity contribution is -0.118. The maximum Gasteiger partial charge on any atom is 0.230 e. The normalized spacial score (nSPS) is 10.7. The van der Waals surface area contributed by atoms with Gasteiger partial charge in [-0.05, 0) is 43.5 Å². The van der Waals surface area contributed by atoms with Crippen molar-refractivity contribution in [1.29, 1.82) is 0 Å². The molecule has 0 aliphatic rings. The zero-order valence-electron chi connectivity index (χ0n) is 16.8. The second-order valence-corrected chi connectivity index (χ2v) is 7.76. The molecule has 0 aliphatic heterocycles. The molecule has 2 aromatic carbocycles. The summed E-state index contributed by atoms with van der Waals surface area (Å²) < 4.78 is 7.17. The molecule has 0 saturated carbocycles. The first-order valence-electron chi connectivity index (χ1n) is 9.27. The second kappa shape index (κ2) is 9.47. The molecule has 1 aromatic heterocycles. The van der Waals surface area contributed by atoms with Crippen molar-refractivity contribution in [3.8, 4) is 5.75 Å². The summed E-state index contributed by atoms with van der Waals surface area (Å²) in [5.74, 6) is 7.45. The van der Waals surface area contributed by atoms with Gasteiger partial charge in [-0.15, -0.1) is 10.2 Å². The highest BCUT2D eigenvalue weighted by Gasteiger charge is 2.13. The van der Waals surface area contributed by atoms with Crippen molar-refractivity contribution in [1.82, 2.24) is 20.2 Å². The molecule has 0 spiro atoms. The van der Waals surface area contributed by atoms with Crippen LogP contribution >= 0.6 is 11.8 Å². The summed E-state index contributed by atoms with van der Waals surface area (Å²) in [6.07, 6.45) is 0. The molecule has 152 valence electrons. The van der Waals surface area contributed by atoms with Gasteiger partial charge in [-0.3, -0.25) is 4.79 Å². The molecule has 0 unspecified atom stereocenters. The smallest absolute Gasteiger partial charge is 0.230 e. The highest BCUT2D eigenvalue weighted by Crippen LogP contribution is 2.20. The molecule has 0 saturated heterocycles. The highest BCUT2D eigenvalue weighted by molar-refractivity contribution is 7.99. The Bertz CT molecular complexity index is 1000. The van der Waals surface area contributed by atoms with Crippen LogP contribution in [0, 0.1) is 20.8 Å². The van der Waals surface area contributed by atoms with Crippen molar-refractivity contribution >= 4 is 17.7 Å². The van der Waals surface area contributed by atoms with E-state index in [-0.39, 0.29) is 18.3 Å². The number of aromatic nitrogens is 3. The number of nitrogens with one attached hydrogen (secondary N) is 1. The maximum atomic E-state index is 12.1. The molecule has 3 aromatic rings. The molecule has 0 fully saturated rings. The Balaban J connectivity index is 1.50. The van der Waals surface area contributed by atoms with Gasteiger partial charge in [0, 0.05) is 6.54 Å². The van der Waals surface area contributed by atoms with Crippen LogP contribution in [0.3, 0.4) is 0 Å². The van der Waals surface area contributed by atoms with Crippen LogP contribution < -0.4 is 15.9 Å². The van der Waals surface area contributed by atoms with Crippen LogP contribution in [-0.2, 0) is 17.9 Å². The van der Waals surface area contributed by atoms with Gasteiger partial charge in [-0.25, -0.2) is 4.68 Å². The van der Waals surface area contributed by atoms with Gasteiger partial charge in [0.1, 0.15) is 12.4 Å². The molecule has 1 heterocycles. The molecule has 0 bridgehead atoms. The van der Waals surface area contributed by atoms with E-state index >= 15 is 0 Å². The van der Waals surface area contributed by atoms with Crippen LogP contribution in [0.2, 0.25) is 0 Å². The van der Waals surface area contributed by atoms with E-state index in [4.69, 9.17) is 10.6 Å². The number of hydrogen-bond acceptors (Lipinski definition) is 6. The largest absolute Gasteiger partial charge is 0.485 e. The predicted molar refractivity (Wildman–Crippen MR) is 114 cm³/mol. The van der Waals surface area contributed by atoms with Gasteiger partial charge in [-0.2, -0.15) is 0 Å². The first-order valence-corrected chi connectivity index (χ1v) is 10.3. The third-order valence-corrected chi connectivity index (χ3v) is 5.44. The molecule has 1 amide bonds. The number of rotatable bonds is 8. The maximum absolute atomic E-state index is 12.1. The molecule has 0 atom stereocenters. The van der Waals surface area contributed by atoms with Gasteiger partial charge in [0.15, 0.2) is 5.82 Å². The van der Waals surface area contributed by atoms with E-state index in [1.54, 1.807) is 0 Å². The molecule has 3 N–H and O–H groups in total. The number of carbonyl (C=O) groups is 1. The summed E-state index contributed by atoms with van der Waals surface area (Å²) in [6, 6.07) is 13.9. The van der Waals surface area contributed by atoms with Crippen LogP contribution in [0.1, 0.15) is 28.1 Å². The molecule has 0 radical (unpaired) electrons. The second-order valence-electron chi connectivity index (χ2n) is 6.82. The summed E-state index contributed by atoms with van der Waals surface area (Å²) in [5.41, 5.74) is 4.47. The average molecular weight is 412 g/mol. The number of ether oxygens (including phenoxy) is 1. The van der Waals surface area contributed by atoms with E-state index in [1.165, 1.54) is 22.0 Å². The van der Waals surface area contributed by atoms with Crippen LogP contribution in [0.4, 0.5) is 0 Å². The van der Waals surface area contributed by atoms with Crippen molar-refractivity contribution in [2.45, 2.75) is 39.1 Å². The summed E-state index contributed by atoms with van der Waals surface area (Å²) in [7, 11) is 0. The van der Waals surface area contributed by atoms with Crippen molar-refractivity contribution in [3.05, 3.63) is 70.5 Å². The van der Waals surface area contributed by atoms with Crippen LogP contribution in [0.15, 0.2) is 47.6 Å². The summed E-state index contributed by atoms with van der Waals surface area (Å²) in [4.78, 5) is 12.1. The van der Waals surface area contributed by atoms with Gasteiger partial charge >= 0.3 is 0 Å². The number of amides is 1. The third-order valence-electron chi connectivity index (χ3n) is 4.49. The quantitative estimate of drug-likeness (QED) is 0.437. The SMILES string of the molecule is Cc1ccc(OCc2nnc(SCC(=O)NCc3ccccc3C)n2N)c(C)c1. The molecule has 3 rings (SSSR count). The van der Waals surface area contributed by atoms with E-state index in [0.29, 0.717) is 17.5 Å².